The van der Waals surface area contributed by atoms with Crippen LogP contribution >= 0.6 is 0 Å². The van der Waals surface area contributed by atoms with Gasteiger partial charge in [0.25, 0.3) is 0 Å². The SMILES string of the molecule is CNCC1(O)CCN(C(=O)C2CCCCC2)CC1. The lowest BCUT2D eigenvalue weighted by atomic mass is 9.86. The van der Waals surface area contributed by atoms with E-state index in [1.165, 1.54) is 19.3 Å². The predicted molar refractivity (Wildman–Crippen MR) is 71.3 cm³/mol. The number of hydrogen-bond donors (Lipinski definition) is 2. The summed E-state index contributed by atoms with van der Waals surface area (Å²) in [6.45, 7) is 2.06. The molecule has 18 heavy (non-hydrogen) atoms. The highest BCUT2D eigenvalue weighted by Crippen LogP contribution is 2.28. The quantitative estimate of drug-likeness (QED) is 0.794. The van der Waals surface area contributed by atoms with Crippen LogP contribution in [0.15, 0.2) is 0 Å². The van der Waals surface area contributed by atoms with Gasteiger partial charge in [-0.15, -0.1) is 0 Å². The maximum absolute atomic E-state index is 12.4. The summed E-state index contributed by atoms with van der Waals surface area (Å²) < 4.78 is 0. The number of carbonyl (C=O) groups excluding carboxylic acids is 1. The van der Waals surface area contributed by atoms with Gasteiger partial charge in [0.05, 0.1) is 5.60 Å². The maximum atomic E-state index is 12.4. The molecule has 1 heterocycles. The van der Waals surface area contributed by atoms with Gasteiger partial charge in [-0.1, -0.05) is 19.3 Å². The molecule has 0 unspecified atom stereocenters. The third-order valence-electron chi connectivity index (χ3n) is 4.47. The van der Waals surface area contributed by atoms with E-state index >= 15 is 0 Å². The standard InChI is InChI=1S/C14H26N2O2/c1-15-11-14(18)7-9-16(10-8-14)13(17)12-5-3-2-4-6-12/h12,15,18H,2-11H2,1H3. The fourth-order valence-electron chi connectivity index (χ4n) is 3.26. The zero-order chi connectivity index (χ0) is 13.0. The Labute approximate surface area is 110 Å². The van der Waals surface area contributed by atoms with Crippen LogP contribution in [0.2, 0.25) is 0 Å². The average Bonchev–Trinajstić information content (AvgIpc) is 2.40. The van der Waals surface area contributed by atoms with Gasteiger partial charge in [-0.2, -0.15) is 0 Å². The highest BCUT2D eigenvalue weighted by molar-refractivity contribution is 5.79. The van der Waals surface area contributed by atoms with Gasteiger partial charge in [0.1, 0.15) is 0 Å². The molecule has 4 heteroatoms. The van der Waals surface area contributed by atoms with Crippen LogP contribution in [0.3, 0.4) is 0 Å². The molecule has 0 aromatic heterocycles. The molecule has 1 saturated carbocycles. The van der Waals surface area contributed by atoms with Crippen molar-refractivity contribution in [2.45, 2.75) is 50.5 Å². The summed E-state index contributed by atoms with van der Waals surface area (Å²) in [4.78, 5) is 14.3. The van der Waals surface area contributed by atoms with Crippen LogP contribution < -0.4 is 5.32 Å². The van der Waals surface area contributed by atoms with Crippen molar-refractivity contribution < 1.29 is 9.90 Å². The molecule has 2 fully saturated rings. The van der Waals surface area contributed by atoms with Crippen LogP contribution in [0.4, 0.5) is 0 Å². The lowest BCUT2D eigenvalue weighted by molar-refractivity contribution is -0.140. The number of carbonyl (C=O) groups is 1. The lowest BCUT2D eigenvalue weighted by Gasteiger charge is -2.39. The second-order valence-electron chi connectivity index (χ2n) is 5.91. The van der Waals surface area contributed by atoms with E-state index in [4.69, 9.17) is 0 Å². The molecular formula is C14H26N2O2. The first-order valence-corrected chi connectivity index (χ1v) is 7.30. The van der Waals surface area contributed by atoms with Crippen molar-refractivity contribution in [2.24, 2.45) is 5.92 Å². The van der Waals surface area contributed by atoms with E-state index in [2.05, 4.69) is 5.32 Å². The molecule has 1 aliphatic carbocycles. The molecule has 2 rings (SSSR count). The Kier molecular flexibility index (Phi) is 4.62. The van der Waals surface area contributed by atoms with E-state index in [1.807, 2.05) is 11.9 Å². The Morgan fingerprint density at radius 1 is 1.28 bits per heavy atom. The number of rotatable bonds is 3. The fourth-order valence-corrected chi connectivity index (χ4v) is 3.26. The minimum absolute atomic E-state index is 0.259. The van der Waals surface area contributed by atoms with Crippen LogP contribution in [0.5, 0.6) is 0 Å². The van der Waals surface area contributed by atoms with Crippen molar-refractivity contribution in [3.8, 4) is 0 Å². The van der Waals surface area contributed by atoms with Crippen LogP contribution in [0.1, 0.15) is 44.9 Å². The van der Waals surface area contributed by atoms with E-state index in [0.717, 1.165) is 12.8 Å². The van der Waals surface area contributed by atoms with E-state index in [0.29, 0.717) is 38.4 Å². The first kappa shape index (κ1) is 13.8. The number of nitrogens with zero attached hydrogens (tertiary/aromatic N) is 1. The van der Waals surface area contributed by atoms with E-state index < -0.39 is 5.60 Å². The molecule has 0 aromatic carbocycles. The summed E-state index contributed by atoms with van der Waals surface area (Å²) >= 11 is 0. The van der Waals surface area contributed by atoms with Gasteiger partial charge in [-0.05, 0) is 32.7 Å². The monoisotopic (exact) mass is 254 g/mol. The van der Waals surface area contributed by atoms with Gasteiger partial charge >= 0.3 is 0 Å². The number of nitrogens with one attached hydrogen (secondary N) is 1. The Bertz CT molecular complexity index is 280. The summed E-state index contributed by atoms with van der Waals surface area (Å²) in [5, 5.41) is 13.3. The van der Waals surface area contributed by atoms with Gasteiger partial charge < -0.3 is 15.3 Å². The van der Waals surface area contributed by atoms with E-state index in [9.17, 15) is 9.90 Å². The predicted octanol–water partition coefficient (Wildman–Crippen LogP) is 1.14. The third-order valence-corrected chi connectivity index (χ3v) is 4.47. The number of likely N-dealkylation sites (N-methyl/N-ethyl adjacent to an activating group) is 1. The molecule has 2 N–H and O–H groups in total. The Balaban J connectivity index is 1.83. The van der Waals surface area contributed by atoms with Crippen LogP contribution in [0, 0.1) is 5.92 Å². The lowest BCUT2D eigenvalue weighted by Crippen LogP contribution is -2.52. The molecule has 1 amide bonds. The zero-order valence-electron chi connectivity index (χ0n) is 11.5. The van der Waals surface area contributed by atoms with Gasteiger partial charge in [0.15, 0.2) is 0 Å². The van der Waals surface area contributed by atoms with Crippen molar-refractivity contribution in [3.05, 3.63) is 0 Å². The number of aliphatic hydroxyl groups is 1. The normalized spacial score (nSPS) is 25.1. The van der Waals surface area contributed by atoms with Crippen molar-refractivity contribution >= 4 is 5.91 Å². The first-order valence-electron chi connectivity index (χ1n) is 7.30. The molecule has 4 nitrogen and oxygen atoms in total. The topological polar surface area (TPSA) is 52.6 Å². The first-order chi connectivity index (χ1) is 8.64. The van der Waals surface area contributed by atoms with Crippen LogP contribution in [-0.4, -0.2) is 48.2 Å². The smallest absolute Gasteiger partial charge is 0.225 e. The highest BCUT2D eigenvalue weighted by atomic mass is 16.3. The van der Waals surface area contributed by atoms with Gasteiger partial charge in [-0.25, -0.2) is 0 Å². The summed E-state index contributed by atoms with van der Waals surface area (Å²) in [6.07, 6.45) is 7.22. The molecule has 0 atom stereocenters. The Hall–Kier alpha value is -0.610. The van der Waals surface area contributed by atoms with E-state index in [1.54, 1.807) is 0 Å². The number of piperidine rings is 1. The molecule has 104 valence electrons. The van der Waals surface area contributed by atoms with Gasteiger partial charge in [0, 0.05) is 25.6 Å². The van der Waals surface area contributed by atoms with Crippen molar-refractivity contribution in [1.82, 2.24) is 10.2 Å². The molecule has 0 radical (unpaired) electrons. The van der Waals surface area contributed by atoms with Crippen molar-refractivity contribution in [3.63, 3.8) is 0 Å². The molecule has 1 aliphatic heterocycles. The largest absolute Gasteiger partial charge is 0.388 e. The Morgan fingerprint density at radius 3 is 2.44 bits per heavy atom. The third kappa shape index (κ3) is 3.23. The number of amides is 1. The summed E-state index contributed by atoms with van der Waals surface area (Å²) in [5.74, 6) is 0.593. The molecule has 1 saturated heterocycles. The van der Waals surface area contributed by atoms with Gasteiger partial charge in [0.2, 0.25) is 5.91 Å². The second kappa shape index (κ2) is 6.02. The van der Waals surface area contributed by atoms with E-state index in [-0.39, 0.29) is 5.92 Å². The zero-order valence-corrected chi connectivity index (χ0v) is 11.5. The molecule has 2 aliphatic rings. The second-order valence-corrected chi connectivity index (χ2v) is 5.91. The summed E-state index contributed by atoms with van der Waals surface area (Å²) in [5.41, 5.74) is -0.613. The molecule has 0 spiro atoms. The fraction of sp³-hybridized carbons (Fsp3) is 0.929. The number of likely N-dealkylation sites (tertiary alicyclic amines) is 1. The van der Waals surface area contributed by atoms with Crippen molar-refractivity contribution in [1.29, 1.82) is 0 Å². The summed E-state index contributed by atoms with van der Waals surface area (Å²) in [7, 11) is 1.86. The van der Waals surface area contributed by atoms with Crippen LogP contribution in [-0.2, 0) is 4.79 Å². The van der Waals surface area contributed by atoms with Crippen molar-refractivity contribution in [2.75, 3.05) is 26.7 Å². The maximum Gasteiger partial charge on any atom is 0.225 e. The molecule has 0 aromatic rings. The number of hydrogen-bond acceptors (Lipinski definition) is 3. The molecule has 0 bridgehead atoms. The van der Waals surface area contributed by atoms with Crippen LogP contribution in [0.25, 0.3) is 0 Å². The minimum Gasteiger partial charge on any atom is -0.388 e. The minimum atomic E-state index is -0.613. The average molecular weight is 254 g/mol. The molecular weight excluding hydrogens is 228 g/mol. The van der Waals surface area contributed by atoms with Gasteiger partial charge in [-0.3, -0.25) is 4.79 Å². The Morgan fingerprint density at radius 2 is 1.89 bits per heavy atom. The highest BCUT2D eigenvalue weighted by Gasteiger charge is 2.35. The summed E-state index contributed by atoms with van der Waals surface area (Å²) in [6, 6.07) is 0.